The first-order valence-electron chi connectivity index (χ1n) is 6.67. The Bertz CT molecular complexity index is 330. The van der Waals surface area contributed by atoms with Gasteiger partial charge in [0.15, 0.2) is 0 Å². The molecule has 1 nitrogen and oxygen atoms in total. The molecule has 0 aromatic carbocycles. The molecule has 1 fully saturated rings. The number of rotatable bonds is 1. The second-order valence-electron chi connectivity index (χ2n) is 6.63. The van der Waals surface area contributed by atoms with Crippen LogP contribution in [0.5, 0.6) is 0 Å². The fraction of sp³-hybridized carbons (Fsp3) is 0.867. The summed E-state index contributed by atoms with van der Waals surface area (Å²) in [4.78, 5) is 0. The fourth-order valence-electron chi connectivity index (χ4n) is 4.39. The largest absolute Gasteiger partial charge is 0.392 e. The van der Waals surface area contributed by atoms with E-state index in [1.165, 1.54) is 24.0 Å². The van der Waals surface area contributed by atoms with Crippen molar-refractivity contribution in [2.75, 3.05) is 6.61 Å². The normalized spacial score (nSPS) is 48.4. The minimum atomic E-state index is 0.262. The molecule has 4 atom stereocenters. The quantitative estimate of drug-likeness (QED) is 0.669. The average Bonchev–Trinajstić information content (AvgIpc) is 2.47. The second kappa shape index (κ2) is 3.60. The van der Waals surface area contributed by atoms with Crippen LogP contribution in [0.15, 0.2) is 11.1 Å². The fourth-order valence-corrected chi connectivity index (χ4v) is 4.39. The minimum absolute atomic E-state index is 0.262. The number of hydrogen-bond acceptors (Lipinski definition) is 1. The molecular weight excluding hydrogens is 196 g/mol. The van der Waals surface area contributed by atoms with Gasteiger partial charge >= 0.3 is 0 Å². The van der Waals surface area contributed by atoms with E-state index >= 15 is 0 Å². The van der Waals surface area contributed by atoms with Gasteiger partial charge in [0.2, 0.25) is 0 Å². The van der Waals surface area contributed by atoms with Crippen molar-refractivity contribution in [1.29, 1.82) is 0 Å². The van der Waals surface area contributed by atoms with Gasteiger partial charge in [-0.15, -0.1) is 0 Å². The zero-order chi connectivity index (χ0) is 12.1. The molecule has 0 aliphatic heterocycles. The van der Waals surface area contributed by atoms with Gasteiger partial charge < -0.3 is 5.11 Å². The lowest BCUT2D eigenvalue weighted by molar-refractivity contribution is -0.0147. The molecular formula is C15H26O. The van der Waals surface area contributed by atoms with Crippen LogP contribution in [0, 0.1) is 22.7 Å². The van der Waals surface area contributed by atoms with E-state index in [1.807, 2.05) is 0 Å². The van der Waals surface area contributed by atoms with Gasteiger partial charge in [-0.1, -0.05) is 33.3 Å². The third kappa shape index (κ3) is 1.27. The summed E-state index contributed by atoms with van der Waals surface area (Å²) in [5, 5.41) is 9.51. The second-order valence-corrected chi connectivity index (χ2v) is 6.63. The van der Waals surface area contributed by atoms with Crippen LogP contribution < -0.4 is 0 Å². The molecule has 92 valence electrons. The Labute approximate surface area is 99.9 Å². The van der Waals surface area contributed by atoms with Gasteiger partial charge in [-0.25, -0.2) is 0 Å². The van der Waals surface area contributed by atoms with Crippen LogP contribution >= 0.6 is 0 Å². The van der Waals surface area contributed by atoms with E-state index < -0.39 is 0 Å². The summed E-state index contributed by atoms with van der Waals surface area (Å²) in [7, 11) is 0. The van der Waals surface area contributed by atoms with Crippen LogP contribution in [0.1, 0.15) is 53.9 Å². The zero-order valence-electron chi connectivity index (χ0n) is 11.4. The molecule has 2 aliphatic carbocycles. The number of aliphatic hydroxyl groups excluding tert-OH is 1. The number of fused-ring (bicyclic) bond motifs is 1. The highest BCUT2D eigenvalue weighted by molar-refractivity contribution is 5.33. The van der Waals surface area contributed by atoms with Crippen LogP contribution in [0.2, 0.25) is 0 Å². The van der Waals surface area contributed by atoms with Crippen LogP contribution in [0.25, 0.3) is 0 Å². The Morgan fingerprint density at radius 3 is 2.50 bits per heavy atom. The van der Waals surface area contributed by atoms with Gasteiger partial charge in [0.05, 0.1) is 6.61 Å². The van der Waals surface area contributed by atoms with E-state index in [1.54, 1.807) is 0 Å². The zero-order valence-corrected chi connectivity index (χ0v) is 11.4. The number of allylic oxidation sites excluding steroid dienone is 1. The maximum atomic E-state index is 9.51. The predicted molar refractivity (Wildman–Crippen MR) is 68.2 cm³/mol. The summed E-state index contributed by atoms with van der Waals surface area (Å²) in [6.07, 6.45) is 3.78. The van der Waals surface area contributed by atoms with Crippen molar-refractivity contribution in [2.45, 2.75) is 53.9 Å². The van der Waals surface area contributed by atoms with E-state index in [0.717, 1.165) is 18.3 Å². The van der Waals surface area contributed by atoms with Gasteiger partial charge in [-0.2, -0.15) is 0 Å². The van der Waals surface area contributed by atoms with Gasteiger partial charge in [-0.3, -0.25) is 0 Å². The third-order valence-electron chi connectivity index (χ3n) is 6.27. The Morgan fingerprint density at radius 2 is 1.94 bits per heavy atom. The van der Waals surface area contributed by atoms with E-state index in [0.29, 0.717) is 10.8 Å². The van der Waals surface area contributed by atoms with E-state index in [4.69, 9.17) is 0 Å². The van der Waals surface area contributed by atoms with Gasteiger partial charge in [0.25, 0.3) is 0 Å². The van der Waals surface area contributed by atoms with E-state index in [2.05, 4.69) is 34.6 Å². The molecule has 0 unspecified atom stereocenters. The SMILES string of the molecule is CC1=C(CO)C[C@]2(C)CC[C@@H](C)[C@@H](C)[C@]12C. The van der Waals surface area contributed by atoms with Crippen molar-refractivity contribution in [3.63, 3.8) is 0 Å². The number of aliphatic hydroxyl groups is 1. The molecule has 2 aliphatic rings. The van der Waals surface area contributed by atoms with E-state index in [9.17, 15) is 5.11 Å². The Hall–Kier alpha value is -0.300. The average molecular weight is 222 g/mol. The smallest absolute Gasteiger partial charge is 0.0644 e. The molecule has 1 saturated carbocycles. The highest BCUT2D eigenvalue weighted by atomic mass is 16.3. The lowest BCUT2D eigenvalue weighted by Gasteiger charge is -2.53. The third-order valence-corrected chi connectivity index (χ3v) is 6.27. The maximum absolute atomic E-state index is 9.51. The molecule has 0 spiro atoms. The van der Waals surface area contributed by atoms with E-state index in [-0.39, 0.29) is 6.61 Å². The Balaban J connectivity index is 2.47. The van der Waals surface area contributed by atoms with Crippen LogP contribution in [-0.2, 0) is 0 Å². The highest BCUT2D eigenvalue weighted by Crippen LogP contribution is 2.65. The first kappa shape index (κ1) is 12.2. The monoisotopic (exact) mass is 222 g/mol. The minimum Gasteiger partial charge on any atom is -0.392 e. The topological polar surface area (TPSA) is 20.2 Å². The maximum Gasteiger partial charge on any atom is 0.0644 e. The Morgan fingerprint density at radius 1 is 1.31 bits per heavy atom. The summed E-state index contributed by atoms with van der Waals surface area (Å²) in [5.41, 5.74) is 3.49. The first-order chi connectivity index (χ1) is 7.37. The summed E-state index contributed by atoms with van der Waals surface area (Å²) in [6.45, 7) is 12.2. The molecule has 1 N–H and O–H groups in total. The van der Waals surface area contributed by atoms with Crippen molar-refractivity contribution < 1.29 is 5.11 Å². The lowest BCUT2D eigenvalue weighted by Crippen LogP contribution is -2.46. The Kier molecular flexibility index (Phi) is 2.73. The molecule has 0 saturated heterocycles. The molecule has 16 heavy (non-hydrogen) atoms. The first-order valence-corrected chi connectivity index (χ1v) is 6.67. The highest BCUT2D eigenvalue weighted by Gasteiger charge is 2.56. The summed E-state index contributed by atoms with van der Waals surface area (Å²) in [6, 6.07) is 0. The number of hydrogen-bond donors (Lipinski definition) is 1. The van der Waals surface area contributed by atoms with Crippen molar-refractivity contribution in [1.82, 2.24) is 0 Å². The summed E-state index contributed by atoms with van der Waals surface area (Å²) >= 11 is 0. The molecule has 0 amide bonds. The molecule has 0 radical (unpaired) electrons. The summed E-state index contributed by atoms with van der Waals surface area (Å²) in [5.74, 6) is 1.54. The molecule has 0 bridgehead atoms. The lowest BCUT2D eigenvalue weighted by atomic mass is 9.51. The van der Waals surface area contributed by atoms with Crippen molar-refractivity contribution in [3.8, 4) is 0 Å². The van der Waals surface area contributed by atoms with Crippen molar-refractivity contribution in [2.24, 2.45) is 22.7 Å². The molecule has 0 aromatic rings. The van der Waals surface area contributed by atoms with Crippen LogP contribution in [0.3, 0.4) is 0 Å². The van der Waals surface area contributed by atoms with Gasteiger partial charge in [0.1, 0.15) is 0 Å². The van der Waals surface area contributed by atoms with Gasteiger partial charge in [-0.05, 0) is 54.4 Å². The predicted octanol–water partition coefficient (Wildman–Crippen LogP) is 3.78. The van der Waals surface area contributed by atoms with Gasteiger partial charge in [0, 0.05) is 0 Å². The van der Waals surface area contributed by atoms with Crippen LogP contribution in [0.4, 0.5) is 0 Å². The molecule has 2 rings (SSSR count). The van der Waals surface area contributed by atoms with Crippen LogP contribution in [-0.4, -0.2) is 11.7 Å². The van der Waals surface area contributed by atoms with Crippen molar-refractivity contribution in [3.05, 3.63) is 11.1 Å². The molecule has 0 aromatic heterocycles. The molecule has 1 heteroatoms. The standard InChI is InChI=1S/C15H26O/c1-10-6-7-14(4)8-13(9-16)12(3)15(14,5)11(10)2/h10-11,16H,6-9H2,1-5H3/t10-,11-,14+,15-/m1/s1. The summed E-state index contributed by atoms with van der Waals surface area (Å²) < 4.78 is 0. The van der Waals surface area contributed by atoms with Crippen molar-refractivity contribution >= 4 is 0 Å². The molecule has 0 heterocycles.